The zero-order valence-electron chi connectivity index (χ0n) is 13.9. The van der Waals surface area contributed by atoms with E-state index < -0.39 is 0 Å². The number of likely N-dealkylation sites (N-methyl/N-ethyl adjacent to an activating group) is 1. The Morgan fingerprint density at radius 3 is 2.38 bits per heavy atom. The molecular formula is C17H29NO3. The van der Waals surface area contributed by atoms with Crippen LogP contribution in [0.1, 0.15) is 38.8 Å². The van der Waals surface area contributed by atoms with E-state index in [0.717, 1.165) is 12.2 Å². The zero-order valence-corrected chi connectivity index (χ0v) is 13.9. The van der Waals surface area contributed by atoms with E-state index in [2.05, 4.69) is 31.3 Å². The van der Waals surface area contributed by atoms with Crippen molar-refractivity contribution in [1.82, 2.24) is 5.32 Å². The molecule has 120 valence electrons. The molecule has 0 aliphatic carbocycles. The molecule has 0 radical (unpaired) electrons. The molecule has 1 unspecified atom stereocenters. The van der Waals surface area contributed by atoms with Crippen molar-refractivity contribution in [1.29, 1.82) is 0 Å². The molecule has 21 heavy (non-hydrogen) atoms. The highest BCUT2D eigenvalue weighted by Crippen LogP contribution is 2.19. The first-order chi connectivity index (χ1) is 10.0. The average molecular weight is 295 g/mol. The Bertz CT molecular complexity index is 390. The Labute approximate surface area is 128 Å². The van der Waals surface area contributed by atoms with Gasteiger partial charge >= 0.3 is 0 Å². The van der Waals surface area contributed by atoms with Crippen molar-refractivity contribution < 1.29 is 14.2 Å². The summed E-state index contributed by atoms with van der Waals surface area (Å²) < 4.78 is 16.6. The van der Waals surface area contributed by atoms with Gasteiger partial charge in [0.25, 0.3) is 0 Å². The first-order valence-electron chi connectivity index (χ1n) is 7.55. The van der Waals surface area contributed by atoms with Gasteiger partial charge in [-0.1, -0.05) is 12.1 Å². The van der Waals surface area contributed by atoms with Crippen LogP contribution in [-0.2, 0) is 9.47 Å². The van der Waals surface area contributed by atoms with Gasteiger partial charge in [0.1, 0.15) is 5.75 Å². The fourth-order valence-electron chi connectivity index (χ4n) is 1.93. The van der Waals surface area contributed by atoms with Crippen LogP contribution in [0.5, 0.6) is 5.75 Å². The third-order valence-corrected chi connectivity index (χ3v) is 3.63. The van der Waals surface area contributed by atoms with Crippen molar-refractivity contribution in [2.24, 2.45) is 0 Å². The van der Waals surface area contributed by atoms with Crippen molar-refractivity contribution in [2.75, 3.05) is 34.0 Å². The molecule has 4 nitrogen and oxygen atoms in total. The normalized spacial score (nSPS) is 13.2. The molecule has 4 heteroatoms. The van der Waals surface area contributed by atoms with Crippen molar-refractivity contribution in [3.05, 3.63) is 29.8 Å². The van der Waals surface area contributed by atoms with Gasteiger partial charge in [-0.25, -0.2) is 0 Å². The largest absolute Gasteiger partial charge is 0.494 e. The van der Waals surface area contributed by atoms with Gasteiger partial charge in [0.05, 0.1) is 24.9 Å². The highest BCUT2D eigenvalue weighted by atomic mass is 16.5. The lowest BCUT2D eigenvalue weighted by Gasteiger charge is -2.23. The van der Waals surface area contributed by atoms with Crippen molar-refractivity contribution in [3.63, 3.8) is 0 Å². The van der Waals surface area contributed by atoms with Crippen LogP contribution < -0.4 is 10.1 Å². The maximum absolute atomic E-state index is 5.78. The van der Waals surface area contributed by atoms with Gasteiger partial charge in [-0.05, 0) is 51.9 Å². The predicted octanol–water partition coefficient (Wildman–Crippen LogP) is 3.18. The number of benzene rings is 1. The minimum atomic E-state index is -0.131. The number of ether oxygens (including phenoxy) is 3. The first kappa shape index (κ1) is 18.0. The predicted molar refractivity (Wildman–Crippen MR) is 85.9 cm³/mol. The molecule has 0 spiro atoms. The fraction of sp³-hybridized carbons (Fsp3) is 0.647. The summed E-state index contributed by atoms with van der Waals surface area (Å²) in [6, 6.07) is 8.34. The second-order valence-corrected chi connectivity index (χ2v) is 5.63. The van der Waals surface area contributed by atoms with E-state index in [1.54, 1.807) is 7.11 Å². The van der Waals surface area contributed by atoms with Gasteiger partial charge in [0.15, 0.2) is 0 Å². The molecule has 1 atom stereocenters. The van der Waals surface area contributed by atoms with E-state index >= 15 is 0 Å². The molecule has 0 saturated carbocycles. The van der Waals surface area contributed by atoms with Gasteiger partial charge in [-0.3, -0.25) is 0 Å². The molecule has 1 rings (SSSR count). The maximum atomic E-state index is 5.78. The third kappa shape index (κ3) is 6.46. The standard InChI is InChI=1S/C17H29NO3/c1-6-21-15-9-7-14(8-10-15)16(18-4)13-20-12-11-17(2,3)19-5/h7-10,16,18H,6,11-13H2,1-5H3. The topological polar surface area (TPSA) is 39.7 Å². The third-order valence-electron chi connectivity index (χ3n) is 3.63. The van der Waals surface area contributed by atoms with Crippen LogP contribution in [0.3, 0.4) is 0 Å². The quantitative estimate of drug-likeness (QED) is 0.673. The number of methoxy groups -OCH3 is 1. The highest BCUT2D eigenvalue weighted by Gasteiger charge is 2.16. The summed E-state index contributed by atoms with van der Waals surface area (Å²) in [6.07, 6.45) is 0.878. The van der Waals surface area contributed by atoms with Crippen molar-refractivity contribution >= 4 is 0 Å². The van der Waals surface area contributed by atoms with E-state index in [1.165, 1.54) is 5.56 Å². The number of rotatable bonds is 10. The Morgan fingerprint density at radius 1 is 1.19 bits per heavy atom. The minimum Gasteiger partial charge on any atom is -0.494 e. The van der Waals surface area contributed by atoms with Crippen LogP contribution in [0.15, 0.2) is 24.3 Å². The number of hydrogen-bond acceptors (Lipinski definition) is 4. The van der Waals surface area contributed by atoms with E-state index in [0.29, 0.717) is 19.8 Å². The molecule has 0 saturated heterocycles. The summed E-state index contributed by atoms with van der Waals surface area (Å²) in [4.78, 5) is 0. The molecule has 0 bridgehead atoms. The first-order valence-corrected chi connectivity index (χ1v) is 7.55. The molecule has 0 aliphatic heterocycles. The van der Waals surface area contributed by atoms with E-state index in [-0.39, 0.29) is 11.6 Å². The van der Waals surface area contributed by atoms with E-state index in [9.17, 15) is 0 Å². The Kier molecular flexibility index (Phi) is 7.72. The Morgan fingerprint density at radius 2 is 1.86 bits per heavy atom. The molecule has 0 aromatic heterocycles. The number of nitrogens with one attached hydrogen (secondary N) is 1. The van der Waals surface area contributed by atoms with Crippen LogP contribution in [0, 0.1) is 0 Å². The van der Waals surface area contributed by atoms with Crippen molar-refractivity contribution in [3.8, 4) is 5.75 Å². The lowest BCUT2D eigenvalue weighted by atomic mass is 10.1. The van der Waals surface area contributed by atoms with Gasteiger partial charge in [0, 0.05) is 13.7 Å². The Balaban J connectivity index is 2.44. The van der Waals surface area contributed by atoms with Gasteiger partial charge in [0.2, 0.25) is 0 Å². The van der Waals surface area contributed by atoms with Crippen molar-refractivity contribution in [2.45, 2.75) is 38.8 Å². The molecule has 1 aromatic carbocycles. The van der Waals surface area contributed by atoms with Gasteiger partial charge in [-0.15, -0.1) is 0 Å². The summed E-state index contributed by atoms with van der Waals surface area (Å²) in [5.41, 5.74) is 1.07. The lowest BCUT2D eigenvalue weighted by Crippen LogP contribution is -2.26. The molecule has 1 aromatic rings. The van der Waals surface area contributed by atoms with Crippen LogP contribution in [-0.4, -0.2) is 39.6 Å². The SMILES string of the molecule is CCOc1ccc(C(COCCC(C)(C)OC)NC)cc1. The summed E-state index contributed by atoms with van der Waals surface area (Å²) in [7, 11) is 3.68. The lowest BCUT2D eigenvalue weighted by molar-refractivity contribution is -0.0122. The summed E-state index contributed by atoms with van der Waals surface area (Å²) in [6.45, 7) is 8.14. The average Bonchev–Trinajstić information content (AvgIpc) is 2.49. The second kappa shape index (κ2) is 9.03. The Hall–Kier alpha value is -1.10. The number of hydrogen-bond donors (Lipinski definition) is 1. The summed E-state index contributed by atoms with van der Waals surface area (Å²) >= 11 is 0. The molecular weight excluding hydrogens is 266 g/mol. The molecule has 0 amide bonds. The van der Waals surface area contributed by atoms with Gasteiger partial charge < -0.3 is 19.5 Å². The smallest absolute Gasteiger partial charge is 0.119 e. The zero-order chi connectivity index (χ0) is 15.7. The van der Waals surface area contributed by atoms with Gasteiger partial charge in [-0.2, -0.15) is 0 Å². The maximum Gasteiger partial charge on any atom is 0.119 e. The van der Waals surface area contributed by atoms with E-state index in [1.807, 2.05) is 26.1 Å². The highest BCUT2D eigenvalue weighted by molar-refractivity contribution is 5.29. The minimum absolute atomic E-state index is 0.131. The molecule has 0 fully saturated rings. The van der Waals surface area contributed by atoms with E-state index in [4.69, 9.17) is 14.2 Å². The molecule has 0 heterocycles. The summed E-state index contributed by atoms with van der Waals surface area (Å²) in [5.74, 6) is 0.902. The van der Waals surface area contributed by atoms with Crippen LogP contribution >= 0.6 is 0 Å². The van der Waals surface area contributed by atoms with Crippen LogP contribution in [0.25, 0.3) is 0 Å². The summed E-state index contributed by atoms with van der Waals surface area (Å²) in [5, 5.41) is 3.28. The monoisotopic (exact) mass is 295 g/mol. The molecule has 0 aliphatic rings. The molecule has 1 N–H and O–H groups in total. The second-order valence-electron chi connectivity index (χ2n) is 5.63. The fourth-order valence-corrected chi connectivity index (χ4v) is 1.93. The van der Waals surface area contributed by atoms with Crippen LogP contribution in [0.4, 0.5) is 0 Å². The van der Waals surface area contributed by atoms with Crippen LogP contribution in [0.2, 0.25) is 0 Å².